The molecule has 0 saturated carbocycles. The van der Waals surface area contributed by atoms with Gasteiger partial charge >= 0.3 is 0 Å². The second-order valence-corrected chi connectivity index (χ2v) is 7.52. The number of amides is 1. The average molecular weight is 379 g/mol. The molecule has 2 N–H and O–H groups in total. The van der Waals surface area contributed by atoms with E-state index in [0.717, 1.165) is 42.5 Å². The summed E-state index contributed by atoms with van der Waals surface area (Å²) in [6.07, 6.45) is 6.56. The average Bonchev–Trinajstić information content (AvgIpc) is 3.35. The molecule has 0 atom stereocenters. The van der Waals surface area contributed by atoms with Crippen LogP contribution in [0.25, 0.3) is 21.3 Å². The molecule has 0 radical (unpaired) electrons. The van der Waals surface area contributed by atoms with Crippen molar-refractivity contribution >= 4 is 50.0 Å². The summed E-state index contributed by atoms with van der Waals surface area (Å²) in [5, 5.41) is 11.7. The number of thiazole rings is 1. The Kier molecular flexibility index (Phi) is 3.93. The summed E-state index contributed by atoms with van der Waals surface area (Å²) in [5.74, 6) is 0.584. The molecular weight excluding hydrogens is 362 g/mol. The fourth-order valence-electron chi connectivity index (χ4n) is 3.33. The number of carbonyl (C=O) groups is 1. The zero-order valence-electron chi connectivity index (χ0n) is 14.5. The van der Waals surface area contributed by atoms with Gasteiger partial charge in [0, 0.05) is 24.2 Å². The van der Waals surface area contributed by atoms with Crippen LogP contribution in [-0.4, -0.2) is 49.0 Å². The zero-order valence-corrected chi connectivity index (χ0v) is 15.3. The van der Waals surface area contributed by atoms with Crippen LogP contribution in [-0.2, 0) is 0 Å². The molecule has 0 spiro atoms. The smallest absolute Gasteiger partial charge is 0.282 e. The standard InChI is InChI=1S/C18H17N7OS/c26-18(25-6-2-1-3-7-25)17-23-14-15(19-10-20-16(14)27-17)22-12-4-5-13-11(8-12)9-21-24-13/h4-5,8-10H,1-3,6-7H2,(H,21,24)(H,19,20,22). The van der Waals surface area contributed by atoms with Gasteiger partial charge in [-0.25, -0.2) is 15.0 Å². The summed E-state index contributed by atoms with van der Waals surface area (Å²) in [6.45, 7) is 1.60. The van der Waals surface area contributed by atoms with Gasteiger partial charge in [0.1, 0.15) is 16.7 Å². The molecule has 8 nitrogen and oxygen atoms in total. The zero-order chi connectivity index (χ0) is 18.2. The van der Waals surface area contributed by atoms with Gasteiger partial charge in [-0.2, -0.15) is 5.10 Å². The molecule has 1 saturated heterocycles. The number of H-pyrrole nitrogens is 1. The highest BCUT2D eigenvalue weighted by Gasteiger charge is 2.23. The molecule has 3 aromatic heterocycles. The number of rotatable bonds is 3. The Bertz CT molecular complexity index is 1130. The number of aromatic nitrogens is 5. The normalized spacial score (nSPS) is 14.7. The Balaban J connectivity index is 1.47. The molecule has 27 heavy (non-hydrogen) atoms. The monoisotopic (exact) mass is 379 g/mol. The first kappa shape index (κ1) is 16.1. The van der Waals surface area contributed by atoms with Gasteiger partial charge in [0.05, 0.1) is 11.7 Å². The molecule has 1 aromatic carbocycles. The lowest BCUT2D eigenvalue weighted by molar-refractivity contribution is 0.0724. The van der Waals surface area contributed by atoms with Crippen molar-refractivity contribution in [1.29, 1.82) is 0 Å². The van der Waals surface area contributed by atoms with Crippen molar-refractivity contribution in [3.8, 4) is 0 Å². The molecule has 136 valence electrons. The van der Waals surface area contributed by atoms with Gasteiger partial charge in [0.15, 0.2) is 10.8 Å². The maximum absolute atomic E-state index is 12.8. The number of likely N-dealkylation sites (tertiary alicyclic amines) is 1. The predicted octanol–water partition coefficient (Wildman–Crippen LogP) is 3.33. The van der Waals surface area contributed by atoms with E-state index in [1.807, 2.05) is 23.1 Å². The van der Waals surface area contributed by atoms with Gasteiger partial charge in [-0.15, -0.1) is 0 Å². The van der Waals surface area contributed by atoms with Crippen LogP contribution >= 0.6 is 11.3 Å². The number of piperidine rings is 1. The van der Waals surface area contributed by atoms with Crippen LogP contribution in [0.2, 0.25) is 0 Å². The minimum absolute atomic E-state index is 0.0107. The lowest BCUT2D eigenvalue weighted by Crippen LogP contribution is -2.35. The Labute approximate surface area is 158 Å². The van der Waals surface area contributed by atoms with Crippen molar-refractivity contribution in [2.45, 2.75) is 19.3 Å². The SMILES string of the molecule is O=C(c1nc2c(Nc3ccc4[nH]ncc4c3)ncnc2s1)N1CCCCC1. The van der Waals surface area contributed by atoms with E-state index in [9.17, 15) is 4.79 Å². The van der Waals surface area contributed by atoms with Crippen molar-refractivity contribution in [2.24, 2.45) is 0 Å². The molecule has 1 aliphatic rings. The van der Waals surface area contributed by atoms with Crippen LogP contribution in [0, 0.1) is 0 Å². The van der Waals surface area contributed by atoms with E-state index in [0.29, 0.717) is 21.2 Å². The number of nitrogens with one attached hydrogen (secondary N) is 2. The van der Waals surface area contributed by atoms with E-state index in [1.165, 1.54) is 24.1 Å². The molecule has 5 rings (SSSR count). The summed E-state index contributed by atoms with van der Waals surface area (Å²) in [5.41, 5.74) is 2.47. The topological polar surface area (TPSA) is 99.7 Å². The summed E-state index contributed by atoms with van der Waals surface area (Å²) in [7, 11) is 0. The van der Waals surface area contributed by atoms with Crippen LogP contribution in [0.3, 0.4) is 0 Å². The van der Waals surface area contributed by atoms with Gasteiger partial charge in [-0.1, -0.05) is 11.3 Å². The number of hydrogen-bond donors (Lipinski definition) is 2. The minimum atomic E-state index is -0.0107. The summed E-state index contributed by atoms with van der Waals surface area (Å²) < 4.78 is 0. The number of nitrogens with zero attached hydrogens (tertiary/aromatic N) is 5. The number of carbonyl (C=O) groups excluding carboxylic acids is 1. The Morgan fingerprint density at radius 3 is 2.96 bits per heavy atom. The second-order valence-electron chi connectivity index (χ2n) is 6.54. The van der Waals surface area contributed by atoms with Gasteiger partial charge in [0.25, 0.3) is 5.91 Å². The maximum Gasteiger partial charge on any atom is 0.282 e. The van der Waals surface area contributed by atoms with Gasteiger partial charge in [0.2, 0.25) is 0 Å². The summed E-state index contributed by atoms with van der Waals surface area (Å²) >= 11 is 1.32. The van der Waals surface area contributed by atoms with E-state index >= 15 is 0 Å². The molecular formula is C18H17N7OS. The summed E-state index contributed by atoms with van der Waals surface area (Å²) in [4.78, 5) is 28.5. The van der Waals surface area contributed by atoms with E-state index in [4.69, 9.17) is 0 Å². The van der Waals surface area contributed by atoms with Crippen molar-refractivity contribution in [3.63, 3.8) is 0 Å². The predicted molar refractivity (Wildman–Crippen MR) is 104 cm³/mol. The van der Waals surface area contributed by atoms with Gasteiger partial charge in [-0.05, 0) is 37.5 Å². The third-order valence-electron chi connectivity index (χ3n) is 4.72. The fraction of sp³-hybridized carbons (Fsp3) is 0.278. The number of aromatic amines is 1. The molecule has 1 aliphatic heterocycles. The molecule has 0 unspecified atom stereocenters. The third kappa shape index (κ3) is 2.99. The van der Waals surface area contributed by atoms with Crippen LogP contribution in [0.4, 0.5) is 11.5 Å². The Morgan fingerprint density at radius 2 is 2.07 bits per heavy atom. The van der Waals surface area contributed by atoms with Crippen molar-refractivity contribution in [3.05, 3.63) is 35.7 Å². The Hall–Kier alpha value is -3.07. The lowest BCUT2D eigenvalue weighted by Gasteiger charge is -2.25. The first-order valence-electron chi connectivity index (χ1n) is 8.89. The van der Waals surface area contributed by atoms with Crippen LogP contribution in [0.15, 0.2) is 30.7 Å². The van der Waals surface area contributed by atoms with Crippen LogP contribution < -0.4 is 5.32 Å². The quantitative estimate of drug-likeness (QED) is 0.566. The third-order valence-corrected chi connectivity index (χ3v) is 5.68. The highest BCUT2D eigenvalue weighted by molar-refractivity contribution is 7.19. The van der Waals surface area contributed by atoms with E-state index in [2.05, 4.69) is 30.5 Å². The number of anilines is 2. The minimum Gasteiger partial charge on any atom is -0.338 e. The summed E-state index contributed by atoms with van der Waals surface area (Å²) in [6, 6.07) is 5.88. The Morgan fingerprint density at radius 1 is 1.19 bits per heavy atom. The molecule has 0 bridgehead atoms. The first-order valence-corrected chi connectivity index (χ1v) is 9.70. The fourth-order valence-corrected chi connectivity index (χ4v) is 4.20. The molecule has 9 heteroatoms. The van der Waals surface area contributed by atoms with E-state index in [1.54, 1.807) is 6.20 Å². The molecule has 4 aromatic rings. The van der Waals surface area contributed by atoms with Crippen LogP contribution in [0.1, 0.15) is 29.1 Å². The number of fused-ring (bicyclic) bond motifs is 2. The van der Waals surface area contributed by atoms with Gasteiger partial charge < -0.3 is 10.2 Å². The maximum atomic E-state index is 12.8. The second kappa shape index (κ2) is 6.58. The lowest BCUT2D eigenvalue weighted by atomic mass is 10.1. The molecule has 0 aliphatic carbocycles. The van der Waals surface area contributed by atoms with Crippen LogP contribution in [0.5, 0.6) is 0 Å². The largest absolute Gasteiger partial charge is 0.338 e. The van der Waals surface area contributed by atoms with Gasteiger partial charge in [-0.3, -0.25) is 9.89 Å². The molecule has 1 amide bonds. The van der Waals surface area contributed by atoms with Crippen molar-refractivity contribution in [2.75, 3.05) is 18.4 Å². The van der Waals surface area contributed by atoms with E-state index < -0.39 is 0 Å². The number of benzene rings is 1. The van der Waals surface area contributed by atoms with Crippen molar-refractivity contribution in [1.82, 2.24) is 30.0 Å². The molecule has 4 heterocycles. The first-order chi connectivity index (χ1) is 13.3. The highest BCUT2D eigenvalue weighted by Crippen LogP contribution is 2.28. The van der Waals surface area contributed by atoms with Crippen molar-refractivity contribution < 1.29 is 4.79 Å². The number of hydrogen-bond acceptors (Lipinski definition) is 7. The van der Waals surface area contributed by atoms with E-state index in [-0.39, 0.29) is 5.91 Å². The highest BCUT2D eigenvalue weighted by atomic mass is 32.1. The molecule has 1 fully saturated rings.